The van der Waals surface area contributed by atoms with E-state index in [1.165, 1.54) is 0 Å². The lowest BCUT2D eigenvalue weighted by atomic mass is 9.91. The van der Waals surface area contributed by atoms with Gasteiger partial charge in [0.15, 0.2) is 5.82 Å². The summed E-state index contributed by atoms with van der Waals surface area (Å²) >= 11 is 0. The van der Waals surface area contributed by atoms with E-state index >= 15 is 0 Å². The number of anilines is 2. The predicted octanol–water partition coefficient (Wildman–Crippen LogP) is 1.29. The van der Waals surface area contributed by atoms with Gasteiger partial charge in [-0.2, -0.15) is 15.0 Å². The number of methoxy groups -OCH3 is 4. The third kappa shape index (κ3) is 4.44. The summed E-state index contributed by atoms with van der Waals surface area (Å²) < 4.78 is 21.5. The fraction of sp³-hybridized carbons (Fsp3) is 0.471. The molecule has 4 N–H and O–H groups in total. The summed E-state index contributed by atoms with van der Waals surface area (Å²) in [5, 5.41) is 0. The van der Waals surface area contributed by atoms with Crippen LogP contribution in [0.5, 0.6) is 0 Å². The molecule has 0 amide bonds. The van der Waals surface area contributed by atoms with Crippen LogP contribution in [-0.4, -0.2) is 43.4 Å². The van der Waals surface area contributed by atoms with E-state index in [0.29, 0.717) is 32.3 Å². The summed E-state index contributed by atoms with van der Waals surface area (Å²) in [6.45, 7) is 1.46. The van der Waals surface area contributed by atoms with Gasteiger partial charge in [-0.3, -0.25) is 0 Å². The molecule has 0 atom stereocenters. The molecule has 0 aliphatic carbocycles. The van der Waals surface area contributed by atoms with Crippen LogP contribution in [0, 0.1) is 0 Å². The van der Waals surface area contributed by atoms with E-state index < -0.39 is 0 Å². The maximum Gasteiger partial charge on any atom is 0.225 e. The minimum atomic E-state index is 0.0460. The lowest BCUT2D eigenvalue weighted by molar-refractivity contribution is 0.161. The second-order valence-corrected chi connectivity index (χ2v) is 5.63. The molecule has 26 heavy (non-hydrogen) atoms. The summed E-state index contributed by atoms with van der Waals surface area (Å²) in [7, 11) is 6.51. The fourth-order valence-electron chi connectivity index (χ4n) is 2.87. The average Bonchev–Trinajstić information content (AvgIpc) is 2.58. The minimum absolute atomic E-state index is 0.0460. The largest absolute Gasteiger partial charge is 0.380 e. The summed E-state index contributed by atoms with van der Waals surface area (Å²) in [5.74, 6) is 0.457. The Hall–Kier alpha value is -2.33. The first-order chi connectivity index (χ1) is 12.5. The van der Waals surface area contributed by atoms with Gasteiger partial charge in [0.25, 0.3) is 0 Å². The van der Waals surface area contributed by atoms with Crippen LogP contribution in [0.3, 0.4) is 0 Å². The van der Waals surface area contributed by atoms with Crippen LogP contribution in [0.1, 0.15) is 22.3 Å². The van der Waals surface area contributed by atoms with Gasteiger partial charge in [-0.05, 0) is 22.3 Å². The first kappa shape index (κ1) is 20.0. The molecule has 1 heterocycles. The normalized spacial score (nSPS) is 11.1. The van der Waals surface area contributed by atoms with Gasteiger partial charge in [-0.15, -0.1) is 0 Å². The first-order valence-corrected chi connectivity index (χ1v) is 7.95. The van der Waals surface area contributed by atoms with Crippen molar-refractivity contribution < 1.29 is 18.9 Å². The molecule has 2 rings (SSSR count). The molecular weight excluding hydrogens is 338 g/mol. The molecule has 9 heteroatoms. The van der Waals surface area contributed by atoms with Crippen LogP contribution < -0.4 is 11.5 Å². The van der Waals surface area contributed by atoms with Crippen molar-refractivity contribution in [3.63, 3.8) is 0 Å². The van der Waals surface area contributed by atoms with Gasteiger partial charge in [0, 0.05) is 34.0 Å². The number of rotatable bonds is 9. The number of nitrogens with two attached hydrogens (primary N) is 2. The van der Waals surface area contributed by atoms with Crippen LogP contribution in [0.25, 0.3) is 11.4 Å². The number of nitrogens with zero attached hydrogens (tertiary/aromatic N) is 3. The number of nitrogen functional groups attached to an aromatic ring is 2. The van der Waals surface area contributed by atoms with E-state index in [1.54, 1.807) is 28.4 Å². The molecule has 2 aromatic rings. The van der Waals surface area contributed by atoms with Gasteiger partial charge in [-0.1, -0.05) is 6.07 Å². The zero-order valence-electron chi connectivity index (χ0n) is 15.5. The van der Waals surface area contributed by atoms with Crippen molar-refractivity contribution in [3.8, 4) is 11.4 Å². The van der Waals surface area contributed by atoms with Crippen molar-refractivity contribution in [2.45, 2.75) is 26.4 Å². The van der Waals surface area contributed by atoms with Crippen molar-refractivity contribution in [1.82, 2.24) is 15.0 Å². The first-order valence-electron chi connectivity index (χ1n) is 7.95. The van der Waals surface area contributed by atoms with Gasteiger partial charge in [0.2, 0.25) is 11.9 Å². The molecule has 0 fully saturated rings. The van der Waals surface area contributed by atoms with Gasteiger partial charge >= 0.3 is 0 Å². The Labute approximate surface area is 152 Å². The third-order valence-electron chi connectivity index (χ3n) is 3.80. The van der Waals surface area contributed by atoms with Gasteiger partial charge in [-0.25, -0.2) is 0 Å². The fourth-order valence-corrected chi connectivity index (χ4v) is 2.87. The molecule has 0 radical (unpaired) electrons. The summed E-state index contributed by atoms with van der Waals surface area (Å²) in [5.41, 5.74) is 16.0. The van der Waals surface area contributed by atoms with E-state index in [2.05, 4.69) is 15.0 Å². The average molecular weight is 363 g/mol. The topological polar surface area (TPSA) is 128 Å². The molecule has 142 valence electrons. The van der Waals surface area contributed by atoms with Gasteiger partial charge in [0.1, 0.15) is 0 Å². The highest BCUT2D eigenvalue weighted by Crippen LogP contribution is 2.33. The van der Waals surface area contributed by atoms with Crippen LogP contribution in [0.4, 0.5) is 11.9 Å². The maximum absolute atomic E-state index is 5.78. The molecule has 0 unspecified atom stereocenters. The molecule has 0 spiro atoms. The Morgan fingerprint density at radius 2 is 1.12 bits per heavy atom. The van der Waals surface area contributed by atoms with E-state index in [1.807, 2.05) is 6.07 Å². The van der Waals surface area contributed by atoms with Gasteiger partial charge in [0.05, 0.1) is 26.4 Å². The molecule has 1 aromatic carbocycles. The number of benzene rings is 1. The third-order valence-corrected chi connectivity index (χ3v) is 3.80. The number of hydrogen-bond donors (Lipinski definition) is 2. The summed E-state index contributed by atoms with van der Waals surface area (Å²) in [6.07, 6.45) is 0. The summed E-state index contributed by atoms with van der Waals surface area (Å²) in [6, 6.07) is 2.02. The van der Waals surface area contributed by atoms with Crippen molar-refractivity contribution >= 4 is 11.9 Å². The second-order valence-electron chi connectivity index (χ2n) is 5.63. The highest BCUT2D eigenvalue weighted by Gasteiger charge is 2.22. The molecule has 1 aromatic heterocycles. The van der Waals surface area contributed by atoms with Crippen molar-refractivity contribution in [1.29, 1.82) is 0 Å². The van der Waals surface area contributed by atoms with E-state index in [4.69, 9.17) is 30.4 Å². The molecule has 0 saturated carbocycles. The minimum Gasteiger partial charge on any atom is -0.380 e. The number of hydrogen-bond acceptors (Lipinski definition) is 9. The van der Waals surface area contributed by atoms with Crippen LogP contribution >= 0.6 is 0 Å². The number of aromatic nitrogens is 3. The highest BCUT2D eigenvalue weighted by atomic mass is 16.5. The smallest absolute Gasteiger partial charge is 0.225 e. The highest BCUT2D eigenvalue weighted by molar-refractivity contribution is 5.70. The van der Waals surface area contributed by atoms with Gasteiger partial charge < -0.3 is 30.4 Å². The molecule has 9 nitrogen and oxygen atoms in total. The Balaban J connectivity index is 2.84. The molecule has 0 saturated heterocycles. The summed E-state index contributed by atoms with van der Waals surface area (Å²) in [4.78, 5) is 12.4. The van der Waals surface area contributed by atoms with Crippen LogP contribution in [-0.2, 0) is 45.4 Å². The Bertz CT molecular complexity index is 700. The monoisotopic (exact) mass is 363 g/mol. The van der Waals surface area contributed by atoms with E-state index in [0.717, 1.165) is 27.8 Å². The lowest BCUT2D eigenvalue weighted by Gasteiger charge is -2.21. The van der Waals surface area contributed by atoms with Crippen molar-refractivity contribution in [3.05, 3.63) is 28.3 Å². The van der Waals surface area contributed by atoms with E-state index in [-0.39, 0.29) is 11.9 Å². The lowest BCUT2D eigenvalue weighted by Crippen LogP contribution is -2.12. The quantitative estimate of drug-likeness (QED) is 0.677. The van der Waals surface area contributed by atoms with Crippen LogP contribution in [0.2, 0.25) is 0 Å². The van der Waals surface area contributed by atoms with E-state index in [9.17, 15) is 0 Å². The van der Waals surface area contributed by atoms with Crippen LogP contribution in [0.15, 0.2) is 6.07 Å². The Morgan fingerprint density at radius 1 is 0.692 bits per heavy atom. The molecule has 0 aliphatic heterocycles. The second kappa shape index (κ2) is 9.39. The molecule has 0 aliphatic rings. The zero-order valence-corrected chi connectivity index (χ0v) is 15.5. The molecular formula is C17H25N5O4. The maximum atomic E-state index is 5.78. The Morgan fingerprint density at radius 3 is 1.50 bits per heavy atom. The predicted molar refractivity (Wildman–Crippen MR) is 96.9 cm³/mol. The zero-order chi connectivity index (χ0) is 19.1. The number of ether oxygens (including phenoxy) is 4. The van der Waals surface area contributed by atoms with Crippen molar-refractivity contribution in [2.75, 3.05) is 39.9 Å². The Kier molecular flexibility index (Phi) is 7.22. The SMILES string of the molecule is COCc1cc(COC)c(COC)c(-c2nc(N)nc(N)n2)c1COC. The van der Waals surface area contributed by atoms with Crippen molar-refractivity contribution in [2.24, 2.45) is 0 Å². The molecule has 0 bridgehead atoms. The standard InChI is InChI=1S/C17H25N5O4/c1-23-6-10-5-11(7-24-2)13(9-26-4)14(12(10)8-25-3)15-20-16(18)22-17(19)21-15/h5H,6-9H2,1-4H3,(H4,18,19,20,21,22).